The second kappa shape index (κ2) is 13.7. The third-order valence-corrected chi connectivity index (χ3v) is 7.00. The fourth-order valence-corrected chi connectivity index (χ4v) is 4.33. The Kier molecular flexibility index (Phi) is 11.3. The summed E-state index contributed by atoms with van der Waals surface area (Å²) in [5.41, 5.74) is 1.29. The number of nitrogens with one attached hydrogen (secondary N) is 1. The molecule has 2 N–H and O–H groups in total. The maximum absolute atomic E-state index is 12.6. The molecule has 1 atom stereocenters. The van der Waals surface area contributed by atoms with Gasteiger partial charge < -0.3 is 14.8 Å². The van der Waals surface area contributed by atoms with Gasteiger partial charge in [-0.2, -0.15) is 0 Å². The SMILES string of the molecule is COc1c(CCCCCCCCCCCCC[C@@](C)(O)C(C)C)[nH]c2ccccc2c1=O. The van der Waals surface area contributed by atoms with Crippen LogP contribution in [-0.4, -0.2) is 22.8 Å². The molecular formula is C28H45NO3. The summed E-state index contributed by atoms with van der Waals surface area (Å²) in [6, 6.07) is 7.63. The average Bonchev–Trinajstić information content (AvgIpc) is 2.77. The minimum atomic E-state index is -0.505. The molecule has 0 saturated carbocycles. The van der Waals surface area contributed by atoms with Crippen LogP contribution in [0.4, 0.5) is 0 Å². The normalized spacial score (nSPS) is 13.6. The van der Waals surface area contributed by atoms with E-state index in [4.69, 9.17) is 4.74 Å². The monoisotopic (exact) mass is 443 g/mol. The van der Waals surface area contributed by atoms with Crippen LogP contribution in [0.1, 0.15) is 104 Å². The number of hydrogen-bond acceptors (Lipinski definition) is 3. The molecular weight excluding hydrogens is 398 g/mol. The molecule has 4 heteroatoms. The zero-order valence-electron chi connectivity index (χ0n) is 20.8. The Morgan fingerprint density at radius 3 is 2.00 bits per heavy atom. The van der Waals surface area contributed by atoms with Crippen LogP contribution < -0.4 is 10.2 Å². The van der Waals surface area contributed by atoms with Crippen molar-refractivity contribution in [1.82, 2.24) is 4.98 Å². The van der Waals surface area contributed by atoms with E-state index >= 15 is 0 Å². The van der Waals surface area contributed by atoms with Gasteiger partial charge in [0.05, 0.1) is 18.4 Å². The van der Waals surface area contributed by atoms with Crippen molar-refractivity contribution >= 4 is 10.9 Å². The number of unbranched alkanes of at least 4 members (excludes halogenated alkanes) is 10. The third-order valence-electron chi connectivity index (χ3n) is 7.00. The van der Waals surface area contributed by atoms with Gasteiger partial charge in [-0.05, 0) is 44.2 Å². The summed E-state index contributed by atoms with van der Waals surface area (Å²) < 4.78 is 5.41. The van der Waals surface area contributed by atoms with Gasteiger partial charge in [0.15, 0.2) is 5.75 Å². The Balaban J connectivity index is 1.53. The van der Waals surface area contributed by atoms with Crippen LogP contribution in [-0.2, 0) is 6.42 Å². The lowest BCUT2D eigenvalue weighted by Gasteiger charge is -2.27. The summed E-state index contributed by atoms with van der Waals surface area (Å²) >= 11 is 0. The molecule has 4 nitrogen and oxygen atoms in total. The fraction of sp³-hybridized carbons (Fsp3) is 0.679. The van der Waals surface area contributed by atoms with Crippen molar-refractivity contribution in [1.29, 1.82) is 0 Å². The van der Waals surface area contributed by atoms with E-state index in [1.165, 1.54) is 57.8 Å². The van der Waals surface area contributed by atoms with Crippen molar-refractivity contribution in [2.24, 2.45) is 5.92 Å². The van der Waals surface area contributed by atoms with Crippen LogP contribution in [0, 0.1) is 5.92 Å². The minimum absolute atomic E-state index is 0.0119. The molecule has 0 unspecified atom stereocenters. The molecule has 0 aliphatic heterocycles. The number of aromatic nitrogens is 1. The van der Waals surface area contributed by atoms with Crippen LogP contribution >= 0.6 is 0 Å². The van der Waals surface area contributed by atoms with E-state index in [9.17, 15) is 9.90 Å². The molecule has 0 saturated heterocycles. The summed E-state index contributed by atoms with van der Waals surface area (Å²) in [6.07, 6.45) is 15.5. The molecule has 0 radical (unpaired) electrons. The zero-order valence-corrected chi connectivity index (χ0v) is 20.8. The summed E-state index contributed by atoms with van der Waals surface area (Å²) in [5, 5.41) is 11.0. The third kappa shape index (κ3) is 8.27. The van der Waals surface area contributed by atoms with E-state index in [1.54, 1.807) is 7.11 Å². The van der Waals surface area contributed by atoms with Gasteiger partial charge in [0.1, 0.15) is 0 Å². The van der Waals surface area contributed by atoms with E-state index in [-0.39, 0.29) is 5.43 Å². The first-order valence-corrected chi connectivity index (χ1v) is 12.8. The Labute approximate surface area is 194 Å². The number of aromatic amines is 1. The second-order valence-electron chi connectivity index (χ2n) is 9.91. The highest BCUT2D eigenvalue weighted by molar-refractivity contribution is 5.80. The number of fused-ring (bicyclic) bond motifs is 1. The molecule has 180 valence electrons. The highest BCUT2D eigenvalue weighted by Gasteiger charge is 2.23. The average molecular weight is 444 g/mol. The van der Waals surface area contributed by atoms with Crippen molar-refractivity contribution in [2.45, 2.75) is 110 Å². The van der Waals surface area contributed by atoms with Crippen molar-refractivity contribution in [3.05, 3.63) is 40.2 Å². The maximum atomic E-state index is 12.6. The second-order valence-corrected chi connectivity index (χ2v) is 9.91. The van der Waals surface area contributed by atoms with Gasteiger partial charge in [-0.3, -0.25) is 4.79 Å². The fourth-order valence-electron chi connectivity index (χ4n) is 4.33. The summed E-state index contributed by atoms with van der Waals surface area (Å²) in [7, 11) is 1.58. The van der Waals surface area contributed by atoms with Crippen LogP contribution in [0.15, 0.2) is 29.1 Å². The summed E-state index contributed by atoms with van der Waals surface area (Å²) in [6.45, 7) is 6.16. The molecule has 32 heavy (non-hydrogen) atoms. The number of pyridine rings is 1. The Bertz CT molecular complexity index is 853. The number of ether oxygens (including phenoxy) is 1. The molecule has 1 heterocycles. The molecule has 2 rings (SSSR count). The standard InChI is InChI=1S/C28H45NO3/c1-22(2)28(3,31)21-17-13-11-9-7-5-6-8-10-12-14-20-25-27(32-4)26(30)23-18-15-16-19-24(23)29-25/h15-16,18-19,22,31H,5-14,17,20-21H2,1-4H3,(H,29,30)/t28-/m1/s1. The summed E-state index contributed by atoms with van der Waals surface area (Å²) in [5.74, 6) is 0.802. The Morgan fingerprint density at radius 1 is 0.906 bits per heavy atom. The van der Waals surface area contributed by atoms with Gasteiger partial charge in [-0.25, -0.2) is 0 Å². The van der Waals surface area contributed by atoms with Gasteiger partial charge >= 0.3 is 0 Å². The number of H-pyrrole nitrogens is 1. The zero-order chi connectivity index (χ0) is 23.4. The topological polar surface area (TPSA) is 62.3 Å². The smallest absolute Gasteiger partial charge is 0.231 e. The van der Waals surface area contributed by atoms with Crippen LogP contribution in [0.2, 0.25) is 0 Å². The van der Waals surface area contributed by atoms with E-state index in [0.717, 1.165) is 36.9 Å². The van der Waals surface area contributed by atoms with Crippen molar-refractivity contribution < 1.29 is 9.84 Å². The van der Waals surface area contributed by atoms with Gasteiger partial charge in [-0.15, -0.1) is 0 Å². The first kappa shape index (κ1) is 26.4. The van der Waals surface area contributed by atoms with Crippen molar-refractivity contribution in [3.8, 4) is 5.75 Å². The lowest BCUT2D eigenvalue weighted by Crippen LogP contribution is -2.30. The molecule has 1 aromatic carbocycles. The highest BCUT2D eigenvalue weighted by atomic mass is 16.5. The molecule has 0 amide bonds. The quantitative estimate of drug-likeness (QED) is 0.270. The molecule has 1 aromatic heterocycles. The lowest BCUT2D eigenvalue weighted by molar-refractivity contribution is 0.00307. The minimum Gasteiger partial charge on any atom is -0.491 e. The molecule has 0 fully saturated rings. The van der Waals surface area contributed by atoms with Crippen LogP contribution in [0.5, 0.6) is 5.75 Å². The molecule has 0 spiro atoms. The van der Waals surface area contributed by atoms with Gasteiger partial charge in [0.2, 0.25) is 5.43 Å². The van der Waals surface area contributed by atoms with Crippen molar-refractivity contribution in [3.63, 3.8) is 0 Å². The van der Waals surface area contributed by atoms with Gasteiger partial charge in [0.25, 0.3) is 0 Å². The molecule has 0 aliphatic rings. The maximum Gasteiger partial charge on any atom is 0.231 e. The van der Waals surface area contributed by atoms with E-state index in [2.05, 4.69) is 18.8 Å². The first-order chi connectivity index (χ1) is 15.4. The molecule has 0 bridgehead atoms. The summed E-state index contributed by atoms with van der Waals surface area (Å²) in [4.78, 5) is 16.0. The number of aliphatic hydroxyl groups is 1. The number of methoxy groups -OCH3 is 1. The number of aryl methyl sites for hydroxylation is 1. The van der Waals surface area contributed by atoms with E-state index < -0.39 is 5.60 Å². The van der Waals surface area contributed by atoms with Crippen LogP contribution in [0.3, 0.4) is 0 Å². The predicted molar refractivity (Wildman–Crippen MR) is 136 cm³/mol. The lowest BCUT2D eigenvalue weighted by atomic mass is 9.87. The highest BCUT2D eigenvalue weighted by Crippen LogP contribution is 2.24. The van der Waals surface area contributed by atoms with Gasteiger partial charge in [0, 0.05) is 10.9 Å². The van der Waals surface area contributed by atoms with Crippen LogP contribution in [0.25, 0.3) is 10.9 Å². The molecule has 2 aromatic rings. The van der Waals surface area contributed by atoms with Crippen molar-refractivity contribution in [2.75, 3.05) is 7.11 Å². The number of rotatable bonds is 16. The molecule has 0 aliphatic carbocycles. The van der Waals surface area contributed by atoms with E-state index in [1.807, 2.05) is 31.2 Å². The Morgan fingerprint density at radius 2 is 1.44 bits per heavy atom. The largest absolute Gasteiger partial charge is 0.491 e. The number of hydrogen-bond donors (Lipinski definition) is 2. The predicted octanol–water partition coefficient (Wildman–Crippen LogP) is 7.17. The number of para-hydroxylation sites is 1. The van der Waals surface area contributed by atoms with E-state index in [0.29, 0.717) is 17.1 Å². The Hall–Kier alpha value is -1.81. The first-order valence-electron chi connectivity index (χ1n) is 12.8. The van der Waals surface area contributed by atoms with Gasteiger partial charge in [-0.1, -0.05) is 90.2 Å². The number of benzene rings is 1.